The van der Waals surface area contributed by atoms with Gasteiger partial charge in [-0.25, -0.2) is 0 Å². The maximum atomic E-state index is 2.44. The minimum atomic E-state index is -0.0976. The Bertz CT molecular complexity index is 3090. The molecule has 0 aliphatic heterocycles. The van der Waals surface area contributed by atoms with Gasteiger partial charge in [-0.1, -0.05) is 160 Å². The first kappa shape index (κ1) is 33.6. The molecular weight excluding hydrogens is 687 g/mol. The number of hydrogen-bond donors (Lipinski definition) is 0. The molecule has 0 saturated carbocycles. The lowest BCUT2D eigenvalue weighted by atomic mass is 9.82. The molecule has 2 aliphatic rings. The van der Waals surface area contributed by atoms with Gasteiger partial charge in [0.2, 0.25) is 0 Å². The Kier molecular flexibility index (Phi) is 7.63. The Hall–Kier alpha value is -6.70. The fraction of sp³-hybridized carbons (Fsp3) is 0.107. The average Bonchev–Trinajstić information content (AvgIpc) is 3.49. The van der Waals surface area contributed by atoms with Crippen molar-refractivity contribution < 1.29 is 0 Å². The summed E-state index contributed by atoms with van der Waals surface area (Å²) in [5.74, 6) is 0.549. The summed E-state index contributed by atoms with van der Waals surface area (Å²) in [5.41, 5.74) is 16.4. The highest BCUT2D eigenvalue weighted by Crippen LogP contribution is 2.51. The highest BCUT2D eigenvalue weighted by Gasteiger charge is 2.35. The molecule has 1 nitrogen and oxygen atoms in total. The second kappa shape index (κ2) is 12.9. The van der Waals surface area contributed by atoms with Crippen molar-refractivity contribution in [2.45, 2.75) is 38.5 Å². The maximum absolute atomic E-state index is 2.44. The van der Waals surface area contributed by atoms with Gasteiger partial charge >= 0.3 is 0 Å². The van der Waals surface area contributed by atoms with Crippen molar-refractivity contribution in [1.82, 2.24) is 0 Å². The van der Waals surface area contributed by atoms with E-state index in [4.69, 9.17) is 0 Å². The Labute approximate surface area is 335 Å². The zero-order valence-corrected chi connectivity index (χ0v) is 32.6. The zero-order valence-electron chi connectivity index (χ0n) is 32.6. The van der Waals surface area contributed by atoms with E-state index in [0.717, 1.165) is 23.5 Å². The number of anilines is 3. The van der Waals surface area contributed by atoms with Gasteiger partial charge in [0.25, 0.3) is 0 Å². The minimum absolute atomic E-state index is 0.0976. The van der Waals surface area contributed by atoms with Gasteiger partial charge < -0.3 is 4.90 Å². The van der Waals surface area contributed by atoms with E-state index in [1.54, 1.807) is 0 Å². The number of nitrogens with zero attached hydrogens (tertiary/aromatic N) is 1. The Morgan fingerprint density at radius 1 is 0.456 bits per heavy atom. The molecule has 11 rings (SSSR count). The van der Waals surface area contributed by atoms with Gasteiger partial charge in [-0.2, -0.15) is 0 Å². The van der Waals surface area contributed by atoms with Gasteiger partial charge in [-0.15, -0.1) is 0 Å². The van der Waals surface area contributed by atoms with E-state index >= 15 is 0 Å². The van der Waals surface area contributed by atoms with Gasteiger partial charge in [0.05, 0.1) is 0 Å². The van der Waals surface area contributed by atoms with Crippen molar-refractivity contribution in [3.05, 3.63) is 204 Å². The topological polar surface area (TPSA) is 3.24 Å². The number of hydrogen-bond acceptors (Lipinski definition) is 1. The summed E-state index contributed by atoms with van der Waals surface area (Å²) in [6.07, 6.45) is 5.71. The number of fused-ring (bicyclic) bond motifs is 9. The Balaban J connectivity index is 1.02. The summed E-state index contributed by atoms with van der Waals surface area (Å²) >= 11 is 0. The summed E-state index contributed by atoms with van der Waals surface area (Å²) in [6.45, 7) is 7.05. The number of allylic oxidation sites excluding steroid dienone is 1. The summed E-state index contributed by atoms with van der Waals surface area (Å²) in [7, 11) is 0. The molecule has 1 unspecified atom stereocenters. The lowest BCUT2D eigenvalue weighted by molar-refractivity contribution is 0.660. The molecule has 9 aromatic rings. The van der Waals surface area contributed by atoms with Crippen LogP contribution in [0, 0.1) is 0 Å². The van der Waals surface area contributed by atoms with Crippen LogP contribution in [0.15, 0.2) is 182 Å². The van der Waals surface area contributed by atoms with E-state index in [0.29, 0.717) is 5.92 Å². The van der Waals surface area contributed by atoms with Crippen molar-refractivity contribution in [3.63, 3.8) is 0 Å². The van der Waals surface area contributed by atoms with Crippen LogP contribution in [0.4, 0.5) is 17.1 Å². The molecule has 0 bridgehead atoms. The fourth-order valence-corrected chi connectivity index (χ4v) is 9.78. The van der Waals surface area contributed by atoms with Crippen LogP contribution in [0.1, 0.15) is 55.4 Å². The molecule has 2 aliphatic carbocycles. The van der Waals surface area contributed by atoms with Crippen LogP contribution >= 0.6 is 0 Å². The normalized spacial score (nSPS) is 15.1. The van der Waals surface area contributed by atoms with E-state index < -0.39 is 0 Å². The molecule has 1 atom stereocenters. The monoisotopic (exact) mass is 729 g/mol. The van der Waals surface area contributed by atoms with Crippen LogP contribution in [-0.2, 0) is 5.41 Å². The second-order valence-electron chi connectivity index (χ2n) is 16.6. The van der Waals surface area contributed by atoms with Crippen molar-refractivity contribution in [2.24, 2.45) is 0 Å². The van der Waals surface area contributed by atoms with Crippen molar-refractivity contribution in [3.8, 4) is 33.4 Å². The molecule has 0 aromatic heterocycles. The van der Waals surface area contributed by atoms with E-state index in [1.807, 2.05) is 0 Å². The molecule has 0 radical (unpaired) electrons. The largest absolute Gasteiger partial charge is 0.310 e. The molecule has 57 heavy (non-hydrogen) atoms. The van der Waals surface area contributed by atoms with Crippen LogP contribution in [-0.4, -0.2) is 0 Å². The Morgan fingerprint density at radius 2 is 1.11 bits per heavy atom. The third-order valence-electron chi connectivity index (χ3n) is 12.9. The second-order valence-corrected chi connectivity index (χ2v) is 16.6. The first-order chi connectivity index (χ1) is 27.9. The molecule has 9 aromatic carbocycles. The first-order valence-electron chi connectivity index (χ1n) is 20.3. The predicted octanol–water partition coefficient (Wildman–Crippen LogP) is 15.8. The van der Waals surface area contributed by atoms with Gasteiger partial charge in [0.15, 0.2) is 0 Å². The van der Waals surface area contributed by atoms with Gasteiger partial charge in [0, 0.05) is 22.5 Å². The fourth-order valence-electron chi connectivity index (χ4n) is 9.78. The lowest BCUT2D eigenvalue weighted by Gasteiger charge is -2.28. The number of benzene rings is 9. The van der Waals surface area contributed by atoms with Crippen molar-refractivity contribution in [2.75, 3.05) is 4.90 Å². The predicted molar refractivity (Wildman–Crippen MR) is 244 cm³/mol. The maximum Gasteiger partial charge on any atom is 0.0467 e. The smallest absolute Gasteiger partial charge is 0.0467 e. The van der Waals surface area contributed by atoms with E-state index in [1.165, 1.54) is 88.0 Å². The molecule has 1 heteroatoms. The minimum Gasteiger partial charge on any atom is -0.310 e. The van der Waals surface area contributed by atoms with E-state index in [2.05, 4.69) is 214 Å². The summed E-state index contributed by atoms with van der Waals surface area (Å²) in [5, 5.41) is 7.71. The van der Waals surface area contributed by atoms with E-state index in [-0.39, 0.29) is 5.41 Å². The van der Waals surface area contributed by atoms with Crippen LogP contribution in [0.2, 0.25) is 0 Å². The quantitative estimate of drug-likeness (QED) is 0.159. The number of rotatable bonds is 5. The van der Waals surface area contributed by atoms with Crippen molar-refractivity contribution >= 4 is 55.5 Å². The average molecular weight is 730 g/mol. The lowest BCUT2D eigenvalue weighted by Crippen LogP contribution is -2.16. The SMILES string of the molecule is CC1CC=Cc2cc(-c3cccc(N(c4ccc(-c5ccc6ccc7c8ccccc8ccc7c6c5)cc4)c4ccc5c(c4)C(C)(C)c4ccccc4-5)c3)ccc21. The molecule has 0 spiro atoms. The van der Waals surface area contributed by atoms with Gasteiger partial charge in [-0.3, -0.25) is 0 Å². The highest BCUT2D eigenvalue weighted by molar-refractivity contribution is 6.17. The third kappa shape index (κ3) is 5.45. The summed E-state index contributed by atoms with van der Waals surface area (Å²) in [6, 6.07) is 65.9. The highest BCUT2D eigenvalue weighted by atomic mass is 15.1. The van der Waals surface area contributed by atoms with Crippen molar-refractivity contribution in [1.29, 1.82) is 0 Å². The summed E-state index contributed by atoms with van der Waals surface area (Å²) in [4.78, 5) is 2.44. The van der Waals surface area contributed by atoms with Crippen LogP contribution in [0.25, 0.3) is 71.8 Å². The standard InChI is InChI=1S/C56H43N/c1-36-10-8-13-43-32-41(24-28-47(36)43)40-12-9-14-45(33-40)57(46-27-31-52-51-16-6-7-17-54(51)56(2,3)55(52)35-46)44-25-20-37(21-26-44)42-19-18-39-23-29-49-48-15-5-4-11-38(48)22-30-50(49)53(39)34-42/h4-9,11-36H,10H2,1-3H3. The Morgan fingerprint density at radius 3 is 1.98 bits per heavy atom. The third-order valence-corrected chi connectivity index (χ3v) is 12.9. The molecule has 0 N–H and O–H groups in total. The summed E-state index contributed by atoms with van der Waals surface area (Å²) < 4.78 is 0. The van der Waals surface area contributed by atoms with Gasteiger partial charge in [0.1, 0.15) is 0 Å². The molecule has 272 valence electrons. The molecule has 0 fully saturated rings. The van der Waals surface area contributed by atoms with Crippen LogP contribution < -0.4 is 4.90 Å². The zero-order chi connectivity index (χ0) is 38.3. The van der Waals surface area contributed by atoms with E-state index in [9.17, 15) is 0 Å². The molecule has 0 amide bonds. The van der Waals surface area contributed by atoms with Crippen LogP contribution in [0.5, 0.6) is 0 Å². The van der Waals surface area contributed by atoms with Crippen LogP contribution in [0.3, 0.4) is 0 Å². The van der Waals surface area contributed by atoms with Gasteiger partial charge in [-0.05, 0) is 149 Å². The first-order valence-corrected chi connectivity index (χ1v) is 20.3. The molecule has 0 saturated heterocycles. The molecular formula is C56H43N. The molecule has 0 heterocycles.